The quantitative estimate of drug-likeness (QED) is 0.479. The molecule has 10 heteroatoms. The van der Waals surface area contributed by atoms with Crippen molar-refractivity contribution in [3.05, 3.63) is 60.3 Å². The van der Waals surface area contributed by atoms with Crippen LogP contribution in [0.4, 0.5) is 5.69 Å². The maximum absolute atomic E-state index is 13.2. The van der Waals surface area contributed by atoms with Crippen molar-refractivity contribution in [2.45, 2.75) is 29.5 Å². The normalized spacial score (nSPS) is 20.4. The molecule has 3 N–H and O–H groups in total. The van der Waals surface area contributed by atoms with Gasteiger partial charge in [0, 0.05) is 35.8 Å². The first kappa shape index (κ1) is 22.5. The summed E-state index contributed by atoms with van der Waals surface area (Å²) in [6, 6.07) is 13.0. The number of para-hydroxylation sites is 1. The number of benzene rings is 2. The van der Waals surface area contributed by atoms with Crippen LogP contribution in [-0.4, -0.2) is 57.1 Å². The minimum Gasteiger partial charge on any atom is -0.361 e. The van der Waals surface area contributed by atoms with Crippen molar-refractivity contribution < 1.29 is 21.6 Å². The molecule has 1 amide bonds. The summed E-state index contributed by atoms with van der Waals surface area (Å²) in [6.07, 6.45) is 2.56. The Morgan fingerprint density at radius 2 is 1.81 bits per heavy atom. The number of carbonyl (C=O) groups is 1. The van der Waals surface area contributed by atoms with Gasteiger partial charge in [0.05, 0.1) is 21.7 Å². The Labute approximate surface area is 187 Å². The molecule has 2 heterocycles. The van der Waals surface area contributed by atoms with Crippen molar-refractivity contribution in [1.82, 2.24) is 10.3 Å². The minimum absolute atomic E-state index is 0.0390. The van der Waals surface area contributed by atoms with Gasteiger partial charge in [0.25, 0.3) is 0 Å². The topological polar surface area (TPSA) is 125 Å². The molecule has 8 nitrogen and oxygen atoms in total. The fraction of sp³-hybridized carbons (Fsp3) is 0.318. The van der Waals surface area contributed by atoms with Gasteiger partial charge in [0.2, 0.25) is 5.91 Å². The highest BCUT2D eigenvalue weighted by molar-refractivity contribution is 7.96. The summed E-state index contributed by atoms with van der Waals surface area (Å²) in [4.78, 5) is 14.4. The molecule has 2 atom stereocenters. The molecule has 1 saturated heterocycles. The van der Waals surface area contributed by atoms with Crippen LogP contribution in [0.2, 0.25) is 0 Å². The van der Waals surface area contributed by atoms with Crippen LogP contribution in [0.5, 0.6) is 0 Å². The van der Waals surface area contributed by atoms with Crippen molar-refractivity contribution in [2.75, 3.05) is 23.4 Å². The van der Waals surface area contributed by atoms with E-state index in [1.54, 1.807) is 0 Å². The average molecular weight is 476 g/mol. The lowest BCUT2D eigenvalue weighted by molar-refractivity contribution is -0.114. The van der Waals surface area contributed by atoms with Crippen LogP contribution in [0.1, 0.15) is 12.5 Å². The number of aromatic nitrogens is 1. The molecule has 1 aliphatic heterocycles. The first-order valence-electron chi connectivity index (χ1n) is 10.3. The number of fused-ring (bicyclic) bond motifs is 1. The lowest BCUT2D eigenvalue weighted by Gasteiger charge is -2.20. The molecule has 0 aliphatic carbocycles. The van der Waals surface area contributed by atoms with E-state index in [0.29, 0.717) is 18.7 Å². The summed E-state index contributed by atoms with van der Waals surface area (Å²) in [5.41, 5.74) is 2.58. The molecule has 32 heavy (non-hydrogen) atoms. The van der Waals surface area contributed by atoms with E-state index in [9.17, 15) is 21.6 Å². The number of amides is 1. The van der Waals surface area contributed by atoms with Crippen LogP contribution in [0, 0.1) is 0 Å². The number of hydrogen-bond donors (Lipinski definition) is 3. The summed E-state index contributed by atoms with van der Waals surface area (Å²) in [5, 5.41) is 5.79. The fourth-order valence-corrected chi connectivity index (χ4v) is 8.86. The molecule has 3 aromatic rings. The maximum Gasteiger partial charge on any atom is 0.221 e. The molecule has 4 rings (SSSR count). The van der Waals surface area contributed by atoms with Crippen LogP contribution in [0.25, 0.3) is 10.9 Å². The van der Waals surface area contributed by atoms with Crippen molar-refractivity contribution >= 4 is 42.2 Å². The Balaban J connectivity index is 1.49. The molecule has 0 bridgehead atoms. The summed E-state index contributed by atoms with van der Waals surface area (Å²) < 4.78 is 51.1. The van der Waals surface area contributed by atoms with Gasteiger partial charge in [-0.25, -0.2) is 16.8 Å². The molecular formula is C22H25N3O5S2. The second-order valence-corrected chi connectivity index (χ2v) is 12.4. The van der Waals surface area contributed by atoms with Crippen molar-refractivity contribution in [3.8, 4) is 0 Å². The highest BCUT2D eigenvalue weighted by Gasteiger charge is 2.45. The average Bonchev–Trinajstić information content (AvgIpc) is 3.29. The number of aromatic amines is 1. The van der Waals surface area contributed by atoms with Gasteiger partial charge in [-0.2, -0.15) is 0 Å². The molecular weight excluding hydrogens is 450 g/mol. The lowest BCUT2D eigenvalue weighted by atomic mass is 10.1. The maximum atomic E-state index is 13.2. The van der Waals surface area contributed by atoms with Crippen LogP contribution in [-0.2, 0) is 30.9 Å². The third-order valence-corrected chi connectivity index (χ3v) is 9.84. The first-order chi connectivity index (χ1) is 15.2. The fourth-order valence-electron chi connectivity index (χ4n) is 4.15. The van der Waals surface area contributed by atoms with Crippen molar-refractivity contribution in [1.29, 1.82) is 0 Å². The number of hydrogen-bond acceptors (Lipinski definition) is 6. The first-order valence-corrected chi connectivity index (χ1v) is 13.6. The van der Waals surface area contributed by atoms with Gasteiger partial charge in [0.15, 0.2) is 19.7 Å². The summed E-state index contributed by atoms with van der Waals surface area (Å²) >= 11 is 0. The van der Waals surface area contributed by atoms with E-state index < -0.39 is 36.7 Å². The van der Waals surface area contributed by atoms with Gasteiger partial charge in [0.1, 0.15) is 0 Å². The largest absolute Gasteiger partial charge is 0.361 e. The Hall–Kier alpha value is -2.69. The Morgan fingerprint density at radius 1 is 1.09 bits per heavy atom. The number of carbonyl (C=O) groups excluding carboxylic acids is 1. The van der Waals surface area contributed by atoms with Crippen LogP contribution in [0.3, 0.4) is 0 Å². The molecule has 0 saturated carbocycles. The molecule has 1 aromatic heterocycles. The third-order valence-electron chi connectivity index (χ3n) is 5.68. The Kier molecular flexibility index (Phi) is 6.11. The number of sulfone groups is 2. The molecule has 0 spiro atoms. The Morgan fingerprint density at radius 3 is 2.53 bits per heavy atom. The molecule has 170 valence electrons. The minimum atomic E-state index is -3.88. The number of anilines is 1. The smallest absolute Gasteiger partial charge is 0.221 e. The second kappa shape index (κ2) is 8.68. The standard InChI is InChI=1S/C22H25N3O5S2/c1-15(26)25-17-6-8-18(9-7-17)32(29,30)22-14-31(27,28)13-21(22)23-11-10-16-12-24-20-5-3-2-4-19(16)20/h2-9,12,21-24H,10-11,13-14H2,1H3,(H,25,26)/t21-,22-/m1/s1. The third kappa shape index (κ3) is 4.72. The van der Waals surface area contributed by atoms with Gasteiger partial charge in [-0.3, -0.25) is 4.79 Å². The predicted octanol–water partition coefficient (Wildman–Crippen LogP) is 1.90. The number of H-pyrrole nitrogens is 1. The van der Waals surface area contributed by atoms with Gasteiger partial charge in [-0.05, 0) is 48.9 Å². The van der Waals surface area contributed by atoms with E-state index in [-0.39, 0.29) is 16.6 Å². The van der Waals surface area contributed by atoms with Gasteiger partial charge in [-0.1, -0.05) is 18.2 Å². The summed E-state index contributed by atoms with van der Waals surface area (Å²) in [6.45, 7) is 1.82. The molecule has 1 fully saturated rings. The highest BCUT2D eigenvalue weighted by Crippen LogP contribution is 2.27. The second-order valence-electron chi connectivity index (χ2n) is 8.04. The van der Waals surface area contributed by atoms with Gasteiger partial charge in [-0.15, -0.1) is 0 Å². The predicted molar refractivity (Wildman–Crippen MR) is 124 cm³/mol. The summed E-state index contributed by atoms with van der Waals surface area (Å²) in [7, 11) is -7.37. The lowest BCUT2D eigenvalue weighted by Crippen LogP contribution is -2.44. The molecule has 2 aromatic carbocycles. The molecule has 1 aliphatic rings. The van der Waals surface area contributed by atoms with Crippen LogP contribution in [0.15, 0.2) is 59.6 Å². The Bertz CT molecular complexity index is 1350. The van der Waals surface area contributed by atoms with E-state index >= 15 is 0 Å². The van der Waals surface area contributed by atoms with E-state index in [2.05, 4.69) is 15.6 Å². The monoisotopic (exact) mass is 475 g/mol. The van der Waals surface area contributed by atoms with Crippen molar-refractivity contribution in [2.24, 2.45) is 0 Å². The van der Waals surface area contributed by atoms with E-state index in [0.717, 1.165) is 16.5 Å². The van der Waals surface area contributed by atoms with E-state index in [4.69, 9.17) is 0 Å². The van der Waals surface area contributed by atoms with Crippen molar-refractivity contribution in [3.63, 3.8) is 0 Å². The highest BCUT2D eigenvalue weighted by atomic mass is 32.2. The molecule has 0 unspecified atom stereocenters. The zero-order chi connectivity index (χ0) is 22.9. The zero-order valence-electron chi connectivity index (χ0n) is 17.5. The van der Waals surface area contributed by atoms with Gasteiger partial charge < -0.3 is 15.6 Å². The van der Waals surface area contributed by atoms with E-state index in [1.807, 2.05) is 30.5 Å². The van der Waals surface area contributed by atoms with Crippen LogP contribution >= 0.6 is 0 Å². The molecule has 0 radical (unpaired) electrons. The number of nitrogens with one attached hydrogen (secondary N) is 3. The SMILES string of the molecule is CC(=O)Nc1ccc(S(=O)(=O)[C@@H]2CS(=O)(=O)C[C@H]2NCCc2c[nH]c3ccccc23)cc1. The summed E-state index contributed by atoms with van der Waals surface area (Å²) in [5.74, 6) is -0.885. The van der Waals surface area contributed by atoms with E-state index in [1.165, 1.54) is 31.2 Å². The zero-order valence-corrected chi connectivity index (χ0v) is 19.2. The van der Waals surface area contributed by atoms with Crippen LogP contribution < -0.4 is 10.6 Å². The van der Waals surface area contributed by atoms with Gasteiger partial charge >= 0.3 is 0 Å². The number of rotatable bonds is 7.